The van der Waals surface area contributed by atoms with Gasteiger partial charge in [0.05, 0.1) is 32.5 Å². The van der Waals surface area contributed by atoms with Gasteiger partial charge < -0.3 is 4.90 Å². The Balaban J connectivity index is 1.82. The summed E-state index contributed by atoms with van der Waals surface area (Å²) in [6.45, 7) is -0.518. The van der Waals surface area contributed by atoms with Gasteiger partial charge in [-0.05, 0) is 64.0 Å². The Bertz CT molecular complexity index is 1320. The van der Waals surface area contributed by atoms with E-state index in [1.807, 2.05) is 37.2 Å². The summed E-state index contributed by atoms with van der Waals surface area (Å²) in [4.78, 5) is 14.6. The predicted octanol–water partition coefficient (Wildman–Crippen LogP) is 5.17. The van der Waals surface area contributed by atoms with Gasteiger partial charge in [-0.25, -0.2) is 13.8 Å². The molecule has 3 aromatic rings. The molecule has 34 heavy (non-hydrogen) atoms. The summed E-state index contributed by atoms with van der Waals surface area (Å²) in [5.74, 6) is -0.634. The van der Waals surface area contributed by atoms with Crippen molar-refractivity contribution in [1.29, 1.82) is 0 Å². The largest absolute Gasteiger partial charge is 0.377 e. The summed E-state index contributed by atoms with van der Waals surface area (Å²) in [5.41, 5.74) is 4.31. The van der Waals surface area contributed by atoms with Crippen LogP contribution in [0.3, 0.4) is 0 Å². The summed E-state index contributed by atoms with van der Waals surface area (Å²) in [5, 5.41) is 4.39. The topological polar surface area (TPSA) is 82.1 Å². The lowest BCUT2D eigenvalue weighted by Crippen LogP contribution is -2.39. The molecule has 0 aliphatic carbocycles. The number of carbonyl (C=O) groups is 1. The van der Waals surface area contributed by atoms with Gasteiger partial charge in [-0.1, -0.05) is 47.5 Å². The van der Waals surface area contributed by atoms with Crippen molar-refractivity contribution in [2.24, 2.45) is 5.10 Å². The summed E-state index contributed by atoms with van der Waals surface area (Å²) in [6.07, 6.45) is 1.47. The first-order chi connectivity index (χ1) is 16.1. The quantitative estimate of drug-likeness (QED) is 0.293. The van der Waals surface area contributed by atoms with Crippen LogP contribution in [-0.4, -0.2) is 41.2 Å². The van der Waals surface area contributed by atoms with E-state index < -0.39 is 22.5 Å². The Hall–Kier alpha value is -2.59. The molecule has 7 nitrogen and oxygen atoms in total. The lowest BCUT2D eigenvalue weighted by Gasteiger charge is -2.24. The fraction of sp³-hybridized carbons (Fsp3) is 0.130. The number of benzene rings is 3. The van der Waals surface area contributed by atoms with Crippen molar-refractivity contribution >= 4 is 72.7 Å². The Kier molecular flexibility index (Phi) is 8.59. The third-order valence-corrected chi connectivity index (χ3v) is 7.83. The highest BCUT2D eigenvalue weighted by molar-refractivity contribution is 9.10. The highest BCUT2D eigenvalue weighted by Crippen LogP contribution is 2.30. The van der Waals surface area contributed by atoms with Gasteiger partial charge in [0.1, 0.15) is 6.54 Å². The zero-order chi connectivity index (χ0) is 24.9. The van der Waals surface area contributed by atoms with Crippen LogP contribution < -0.4 is 14.6 Å². The minimum atomic E-state index is -4.07. The zero-order valence-electron chi connectivity index (χ0n) is 18.2. The highest BCUT2D eigenvalue weighted by atomic mass is 79.9. The Labute approximate surface area is 217 Å². The summed E-state index contributed by atoms with van der Waals surface area (Å²) in [7, 11) is -0.211. The average Bonchev–Trinajstić information content (AvgIpc) is 2.79. The number of amides is 1. The van der Waals surface area contributed by atoms with Crippen LogP contribution >= 0.6 is 39.1 Å². The third kappa shape index (κ3) is 6.29. The van der Waals surface area contributed by atoms with E-state index in [0.717, 1.165) is 20.0 Å². The van der Waals surface area contributed by atoms with Gasteiger partial charge in [0.25, 0.3) is 15.9 Å². The van der Waals surface area contributed by atoms with Gasteiger partial charge in [-0.2, -0.15) is 5.10 Å². The molecule has 0 saturated carbocycles. The summed E-state index contributed by atoms with van der Waals surface area (Å²) in [6, 6.07) is 17.8. The fourth-order valence-electron chi connectivity index (χ4n) is 2.99. The van der Waals surface area contributed by atoms with Gasteiger partial charge in [0, 0.05) is 18.6 Å². The van der Waals surface area contributed by atoms with Crippen molar-refractivity contribution in [2.45, 2.75) is 4.90 Å². The molecule has 11 heteroatoms. The SMILES string of the molecule is CN(C)c1ccc(/C=N/NC(=O)CN(c2ccc(Cl)c(Cl)c2)S(=O)(=O)c2ccccc2)cc1Br. The molecule has 1 N–H and O–H groups in total. The number of halogens is 3. The normalized spacial score (nSPS) is 11.4. The van der Waals surface area contributed by atoms with Crippen molar-refractivity contribution in [3.05, 3.63) is 86.8 Å². The maximum atomic E-state index is 13.3. The van der Waals surface area contributed by atoms with Crippen LogP contribution in [0.15, 0.2) is 81.2 Å². The molecule has 3 aromatic carbocycles. The smallest absolute Gasteiger partial charge is 0.264 e. The number of sulfonamides is 1. The van der Waals surface area contributed by atoms with Crippen LogP contribution in [0.4, 0.5) is 11.4 Å². The molecule has 0 unspecified atom stereocenters. The van der Waals surface area contributed by atoms with E-state index >= 15 is 0 Å². The summed E-state index contributed by atoms with van der Waals surface area (Å²) >= 11 is 15.6. The number of anilines is 2. The van der Waals surface area contributed by atoms with Crippen LogP contribution in [0, 0.1) is 0 Å². The molecule has 178 valence electrons. The van der Waals surface area contributed by atoms with Gasteiger partial charge in [-0.3, -0.25) is 9.10 Å². The molecule has 0 aliphatic heterocycles. The second kappa shape index (κ2) is 11.2. The number of hydrogen-bond acceptors (Lipinski definition) is 5. The monoisotopic (exact) mass is 582 g/mol. The predicted molar refractivity (Wildman–Crippen MR) is 142 cm³/mol. The lowest BCUT2D eigenvalue weighted by molar-refractivity contribution is -0.119. The zero-order valence-corrected chi connectivity index (χ0v) is 22.2. The van der Waals surface area contributed by atoms with Crippen molar-refractivity contribution in [2.75, 3.05) is 29.8 Å². The van der Waals surface area contributed by atoms with E-state index in [1.54, 1.807) is 18.2 Å². The molecule has 0 bridgehead atoms. The molecule has 0 atom stereocenters. The minimum absolute atomic E-state index is 0.0307. The second-order valence-electron chi connectivity index (χ2n) is 7.32. The van der Waals surface area contributed by atoms with E-state index in [4.69, 9.17) is 23.2 Å². The number of hydrazone groups is 1. The number of nitrogens with zero attached hydrogens (tertiary/aromatic N) is 3. The molecule has 0 aliphatic rings. The first-order valence-electron chi connectivity index (χ1n) is 9.91. The van der Waals surface area contributed by atoms with E-state index in [1.165, 1.54) is 36.5 Å². The first kappa shape index (κ1) is 26.0. The standard InChI is InChI=1S/C23H21BrCl2N4O3S/c1-29(2)22-11-8-16(12-19(22)24)14-27-28-23(31)15-30(17-9-10-20(25)21(26)13-17)34(32,33)18-6-4-3-5-7-18/h3-14H,15H2,1-2H3,(H,28,31)/b27-14+. The number of hydrogen-bond donors (Lipinski definition) is 1. The molecule has 0 heterocycles. The maximum Gasteiger partial charge on any atom is 0.264 e. The third-order valence-electron chi connectivity index (χ3n) is 4.67. The first-order valence-corrected chi connectivity index (χ1v) is 12.9. The van der Waals surface area contributed by atoms with E-state index in [0.29, 0.717) is 0 Å². The lowest BCUT2D eigenvalue weighted by atomic mass is 10.2. The van der Waals surface area contributed by atoms with Gasteiger partial charge in [-0.15, -0.1) is 0 Å². The van der Waals surface area contributed by atoms with Crippen molar-refractivity contribution < 1.29 is 13.2 Å². The molecular weight excluding hydrogens is 563 g/mol. The number of carbonyl (C=O) groups excluding carboxylic acids is 1. The van der Waals surface area contributed by atoms with Gasteiger partial charge in [0.2, 0.25) is 0 Å². The molecule has 0 radical (unpaired) electrons. The molecular formula is C23H21BrCl2N4O3S. The fourth-order valence-corrected chi connectivity index (χ4v) is 5.46. The Morgan fingerprint density at radius 3 is 2.35 bits per heavy atom. The van der Waals surface area contributed by atoms with Crippen molar-refractivity contribution in [3.8, 4) is 0 Å². The molecule has 0 spiro atoms. The molecule has 0 fully saturated rings. The van der Waals surface area contributed by atoms with E-state index in [2.05, 4.69) is 26.5 Å². The van der Waals surface area contributed by atoms with E-state index in [-0.39, 0.29) is 20.6 Å². The Morgan fingerprint density at radius 2 is 1.74 bits per heavy atom. The molecule has 1 amide bonds. The second-order valence-corrected chi connectivity index (χ2v) is 10.9. The van der Waals surface area contributed by atoms with Crippen LogP contribution in [0.5, 0.6) is 0 Å². The van der Waals surface area contributed by atoms with Crippen LogP contribution in [0.25, 0.3) is 0 Å². The van der Waals surface area contributed by atoms with Crippen molar-refractivity contribution in [1.82, 2.24) is 5.43 Å². The minimum Gasteiger partial charge on any atom is -0.377 e. The van der Waals surface area contributed by atoms with Crippen LogP contribution in [-0.2, 0) is 14.8 Å². The molecule has 0 saturated heterocycles. The summed E-state index contributed by atoms with van der Waals surface area (Å²) < 4.78 is 28.4. The van der Waals surface area contributed by atoms with Crippen LogP contribution in [0.1, 0.15) is 5.56 Å². The maximum absolute atomic E-state index is 13.3. The number of rotatable bonds is 8. The molecule has 3 rings (SSSR count). The van der Waals surface area contributed by atoms with Crippen molar-refractivity contribution in [3.63, 3.8) is 0 Å². The molecule has 0 aromatic heterocycles. The van der Waals surface area contributed by atoms with E-state index in [9.17, 15) is 13.2 Å². The van der Waals surface area contributed by atoms with Gasteiger partial charge >= 0.3 is 0 Å². The average molecular weight is 584 g/mol. The van der Waals surface area contributed by atoms with Crippen LogP contribution in [0.2, 0.25) is 10.0 Å². The number of nitrogens with one attached hydrogen (secondary N) is 1. The Morgan fingerprint density at radius 1 is 1.03 bits per heavy atom. The highest BCUT2D eigenvalue weighted by Gasteiger charge is 2.27. The van der Waals surface area contributed by atoms with Gasteiger partial charge in [0.15, 0.2) is 0 Å².